The number of thioether (sulfide) groups is 2. The highest BCUT2D eigenvalue weighted by atomic mass is 32.2. The van der Waals surface area contributed by atoms with Gasteiger partial charge in [-0.15, -0.1) is 46.2 Å². The SMILES string of the molecule is CSc1sc(C(=N)N)cc1NCc1ccccc1.CSc1sc(C(=N)N)cc1Nc1ccc2c(c1)CCC2. The number of amidine groups is 2. The smallest absolute Gasteiger partial charge is 0.133 e. The Balaban J connectivity index is 0.000000178. The normalized spacial score (nSPS) is 11.8. The average Bonchev–Trinajstić information content (AvgIpc) is 3.66. The van der Waals surface area contributed by atoms with Crippen LogP contribution in [0, 0.1) is 10.8 Å². The Bertz CT molecular complexity index is 1410. The van der Waals surface area contributed by atoms with Crippen molar-refractivity contribution in [2.24, 2.45) is 11.5 Å². The van der Waals surface area contributed by atoms with Gasteiger partial charge < -0.3 is 22.1 Å². The highest BCUT2D eigenvalue weighted by Crippen LogP contribution is 2.37. The fraction of sp³-hybridized carbons (Fsp3) is 0.214. The third-order valence-corrected chi connectivity index (χ3v) is 10.6. The van der Waals surface area contributed by atoms with Crippen molar-refractivity contribution in [3.8, 4) is 0 Å². The van der Waals surface area contributed by atoms with Crippen molar-refractivity contribution in [2.45, 2.75) is 34.2 Å². The summed E-state index contributed by atoms with van der Waals surface area (Å²) < 4.78 is 2.33. The standard InChI is InChI=1S/C15H17N3S2.C13H15N3S2/c1-19-15-12(8-13(20-15)14(16)17)18-11-6-5-9-3-2-4-10(9)7-11;1-17-13-10(7-11(18-13)12(14)15)16-8-9-5-3-2-4-6-9/h5-8,18H,2-4H2,1H3,(H3,16,17);2-7,16H,8H2,1H3,(H3,14,15). The summed E-state index contributed by atoms with van der Waals surface area (Å²) in [5.41, 5.74) is 18.5. The van der Waals surface area contributed by atoms with Crippen LogP contribution in [0.25, 0.3) is 0 Å². The van der Waals surface area contributed by atoms with Crippen LogP contribution < -0.4 is 22.1 Å². The molecule has 6 nitrogen and oxygen atoms in total. The molecular formula is C28H32N6S4. The lowest BCUT2D eigenvalue weighted by Crippen LogP contribution is -2.08. The zero-order chi connectivity index (χ0) is 27.1. The molecule has 0 amide bonds. The molecule has 0 atom stereocenters. The molecule has 198 valence electrons. The maximum Gasteiger partial charge on any atom is 0.133 e. The van der Waals surface area contributed by atoms with Crippen LogP contribution in [0.1, 0.15) is 32.9 Å². The largest absolute Gasteiger partial charge is 0.383 e. The van der Waals surface area contributed by atoms with E-state index < -0.39 is 0 Å². The predicted octanol–water partition coefficient (Wildman–Crippen LogP) is 7.35. The molecule has 0 saturated heterocycles. The maximum absolute atomic E-state index is 7.55. The number of nitrogen functional groups attached to an aromatic ring is 2. The van der Waals surface area contributed by atoms with Gasteiger partial charge in [-0.1, -0.05) is 36.4 Å². The van der Waals surface area contributed by atoms with Crippen LogP contribution in [0.2, 0.25) is 0 Å². The lowest BCUT2D eigenvalue weighted by Gasteiger charge is -2.08. The third kappa shape index (κ3) is 7.13. The predicted molar refractivity (Wildman–Crippen MR) is 170 cm³/mol. The summed E-state index contributed by atoms with van der Waals surface area (Å²) >= 11 is 6.47. The van der Waals surface area contributed by atoms with Crippen LogP contribution in [0.15, 0.2) is 69.1 Å². The maximum atomic E-state index is 7.55. The average molecular weight is 581 g/mol. The topological polar surface area (TPSA) is 124 Å². The summed E-state index contributed by atoms with van der Waals surface area (Å²) in [4.78, 5) is 1.63. The van der Waals surface area contributed by atoms with Gasteiger partial charge >= 0.3 is 0 Å². The molecule has 2 heterocycles. The number of benzene rings is 2. The fourth-order valence-corrected chi connectivity index (χ4v) is 7.45. The summed E-state index contributed by atoms with van der Waals surface area (Å²) in [5.74, 6) is 0.260. The number of thiophene rings is 2. The van der Waals surface area contributed by atoms with E-state index in [1.54, 1.807) is 46.2 Å². The Morgan fingerprint density at radius 1 is 0.816 bits per heavy atom. The highest BCUT2D eigenvalue weighted by Gasteiger charge is 2.14. The first-order valence-corrected chi connectivity index (χ1v) is 16.2. The van der Waals surface area contributed by atoms with Gasteiger partial charge in [0.05, 0.1) is 29.5 Å². The van der Waals surface area contributed by atoms with Crippen molar-refractivity contribution < 1.29 is 0 Å². The number of aryl methyl sites for hydroxylation is 2. The van der Waals surface area contributed by atoms with E-state index in [-0.39, 0.29) is 11.7 Å². The van der Waals surface area contributed by atoms with Crippen molar-refractivity contribution in [3.63, 3.8) is 0 Å². The molecule has 38 heavy (non-hydrogen) atoms. The first-order valence-electron chi connectivity index (χ1n) is 12.1. The second-order valence-corrected chi connectivity index (χ2v) is 12.9. The second-order valence-electron chi connectivity index (χ2n) is 8.66. The fourth-order valence-electron chi connectivity index (χ4n) is 4.13. The Hall–Kier alpha value is -2.92. The number of hydrogen-bond acceptors (Lipinski definition) is 8. The van der Waals surface area contributed by atoms with Gasteiger partial charge in [0.15, 0.2) is 0 Å². The molecule has 0 unspecified atom stereocenters. The van der Waals surface area contributed by atoms with Gasteiger partial charge in [0.2, 0.25) is 0 Å². The molecule has 0 spiro atoms. The number of anilines is 3. The first kappa shape index (κ1) is 28.1. The zero-order valence-corrected chi connectivity index (χ0v) is 24.7. The highest BCUT2D eigenvalue weighted by molar-refractivity contribution is 8.00. The second kappa shape index (κ2) is 13.2. The van der Waals surface area contributed by atoms with Gasteiger partial charge in [0.1, 0.15) is 11.7 Å². The van der Waals surface area contributed by atoms with Crippen LogP contribution in [0.3, 0.4) is 0 Å². The van der Waals surface area contributed by atoms with E-state index >= 15 is 0 Å². The van der Waals surface area contributed by atoms with Crippen LogP contribution in [-0.2, 0) is 19.4 Å². The van der Waals surface area contributed by atoms with Crippen molar-refractivity contribution in [3.05, 3.63) is 87.1 Å². The van der Waals surface area contributed by atoms with Crippen molar-refractivity contribution >= 4 is 74.9 Å². The summed E-state index contributed by atoms with van der Waals surface area (Å²) in [5, 5.41) is 21.9. The molecule has 4 aromatic rings. The van der Waals surface area contributed by atoms with Gasteiger partial charge in [-0.2, -0.15) is 0 Å². The van der Waals surface area contributed by atoms with E-state index in [4.69, 9.17) is 22.3 Å². The van der Waals surface area contributed by atoms with Crippen LogP contribution in [-0.4, -0.2) is 24.2 Å². The molecule has 0 aliphatic heterocycles. The van der Waals surface area contributed by atoms with Gasteiger partial charge in [0, 0.05) is 12.2 Å². The minimum Gasteiger partial charge on any atom is -0.383 e. The minimum absolute atomic E-state index is 0.128. The molecule has 0 saturated carbocycles. The van der Waals surface area contributed by atoms with E-state index in [0.717, 1.165) is 41.8 Å². The summed E-state index contributed by atoms with van der Waals surface area (Å²) in [6.45, 7) is 0.780. The van der Waals surface area contributed by atoms with Gasteiger partial charge in [0.25, 0.3) is 0 Å². The molecule has 5 rings (SSSR count). The van der Waals surface area contributed by atoms with Crippen LogP contribution in [0.5, 0.6) is 0 Å². The number of fused-ring (bicyclic) bond motifs is 1. The van der Waals surface area contributed by atoms with E-state index in [1.807, 2.05) is 42.8 Å². The van der Waals surface area contributed by atoms with Crippen LogP contribution in [0.4, 0.5) is 17.1 Å². The summed E-state index contributed by atoms with van der Waals surface area (Å²) in [6.07, 6.45) is 7.73. The molecule has 10 heteroatoms. The number of nitrogens with one attached hydrogen (secondary N) is 4. The molecule has 1 aliphatic rings. The molecule has 1 aliphatic carbocycles. The number of hydrogen-bond donors (Lipinski definition) is 6. The van der Waals surface area contributed by atoms with Crippen molar-refractivity contribution in [1.82, 2.24) is 0 Å². The zero-order valence-electron chi connectivity index (χ0n) is 21.4. The molecular weight excluding hydrogens is 549 g/mol. The molecule has 2 aromatic carbocycles. The lowest BCUT2D eigenvalue weighted by molar-refractivity contribution is 0.912. The summed E-state index contributed by atoms with van der Waals surface area (Å²) in [7, 11) is 0. The Morgan fingerprint density at radius 3 is 2.05 bits per heavy atom. The first-order chi connectivity index (χ1) is 18.4. The molecule has 2 aromatic heterocycles. The molecule has 0 radical (unpaired) electrons. The van der Waals surface area contributed by atoms with Crippen molar-refractivity contribution in [1.29, 1.82) is 10.8 Å². The number of rotatable bonds is 9. The third-order valence-electron chi connectivity index (χ3n) is 6.00. The van der Waals surface area contributed by atoms with E-state index in [9.17, 15) is 0 Å². The molecule has 0 bridgehead atoms. The van der Waals surface area contributed by atoms with Gasteiger partial charge in [-0.05, 0) is 72.7 Å². The van der Waals surface area contributed by atoms with Gasteiger partial charge in [-0.25, -0.2) is 0 Å². The number of nitrogens with two attached hydrogens (primary N) is 2. The molecule has 0 fully saturated rings. The van der Waals surface area contributed by atoms with Crippen molar-refractivity contribution in [2.75, 3.05) is 23.1 Å². The van der Waals surface area contributed by atoms with E-state index in [2.05, 4.69) is 41.0 Å². The minimum atomic E-state index is 0.128. The van der Waals surface area contributed by atoms with Gasteiger partial charge in [-0.3, -0.25) is 10.8 Å². The summed E-state index contributed by atoms with van der Waals surface area (Å²) in [6, 6.07) is 20.8. The van der Waals surface area contributed by atoms with Crippen LogP contribution >= 0.6 is 46.2 Å². The Labute approximate surface area is 240 Å². The quantitative estimate of drug-likeness (QED) is 0.0699. The lowest BCUT2D eigenvalue weighted by atomic mass is 10.1. The Kier molecular flexibility index (Phi) is 9.79. The Morgan fingerprint density at radius 2 is 1.42 bits per heavy atom. The monoisotopic (exact) mass is 580 g/mol. The van der Waals surface area contributed by atoms with E-state index in [0.29, 0.717) is 0 Å². The molecule has 8 N–H and O–H groups in total. The van der Waals surface area contributed by atoms with E-state index in [1.165, 1.54) is 36.0 Å².